The number of rotatable bonds is 4. The Morgan fingerprint density at radius 1 is 1.26 bits per heavy atom. The number of nitrogens with zero attached hydrogens (tertiary/aromatic N) is 1. The van der Waals surface area contributed by atoms with E-state index < -0.39 is 0 Å². The van der Waals surface area contributed by atoms with Gasteiger partial charge in [-0.15, -0.1) is 0 Å². The van der Waals surface area contributed by atoms with Crippen LogP contribution in [0.2, 0.25) is 10.0 Å². The Labute approximate surface area is 125 Å². The largest absolute Gasteiger partial charge is 0.314 e. The summed E-state index contributed by atoms with van der Waals surface area (Å²) in [5.41, 5.74) is 1.18. The third-order valence-corrected chi connectivity index (χ3v) is 5.15. The Bertz CT molecular complexity index is 459. The van der Waals surface area contributed by atoms with Gasteiger partial charge in [-0.3, -0.25) is 4.90 Å². The van der Waals surface area contributed by atoms with Gasteiger partial charge in [0, 0.05) is 18.6 Å². The van der Waals surface area contributed by atoms with Crippen molar-refractivity contribution < 1.29 is 0 Å². The van der Waals surface area contributed by atoms with Crippen molar-refractivity contribution in [3.05, 3.63) is 33.8 Å². The van der Waals surface area contributed by atoms with Crippen LogP contribution >= 0.6 is 23.2 Å². The lowest BCUT2D eigenvalue weighted by Gasteiger charge is -2.27. The molecule has 2 fully saturated rings. The third-order valence-electron chi connectivity index (χ3n) is 4.32. The first-order valence-electron chi connectivity index (χ1n) is 7.04. The fraction of sp³-hybridized carbons (Fsp3) is 0.600. The van der Waals surface area contributed by atoms with Crippen LogP contribution in [0.3, 0.4) is 0 Å². The fourth-order valence-electron chi connectivity index (χ4n) is 3.09. The molecule has 2 atom stereocenters. The van der Waals surface area contributed by atoms with Gasteiger partial charge in [-0.25, -0.2) is 0 Å². The molecule has 2 nitrogen and oxygen atoms in total. The van der Waals surface area contributed by atoms with Gasteiger partial charge in [0.15, 0.2) is 0 Å². The quantitative estimate of drug-likeness (QED) is 0.911. The molecule has 19 heavy (non-hydrogen) atoms. The van der Waals surface area contributed by atoms with Crippen molar-refractivity contribution in [2.45, 2.75) is 31.3 Å². The van der Waals surface area contributed by atoms with Crippen LogP contribution in [0.15, 0.2) is 18.2 Å². The lowest BCUT2D eigenvalue weighted by molar-refractivity contribution is 0.272. The minimum Gasteiger partial charge on any atom is -0.314 e. The van der Waals surface area contributed by atoms with Crippen molar-refractivity contribution in [2.75, 3.05) is 20.1 Å². The summed E-state index contributed by atoms with van der Waals surface area (Å²) in [4.78, 5) is 2.40. The van der Waals surface area contributed by atoms with Crippen LogP contribution < -0.4 is 5.32 Å². The molecule has 1 aromatic rings. The summed E-state index contributed by atoms with van der Waals surface area (Å²) in [5, 5.41) is 5.03. The second kappa shape index (κ2) is 5.61. The molecule has 1 saturated carbocycles. The molecular formula is C15H20Cl2N2. The molecule has 0 aromatic heterocycles. The number of nitrogens with one attached hydrogen (secondary N) is 1. The summed E-state index contributed by atoms with van der Waals surface area (Å²) in [6.45, 7) is 2.22. The minimum atomic E-state index is 0.387. The van der Waals surface area contributed by atoms with Crippen LogP contribution in [0.1, 0.15) is 30.9 Å². The van der Waals surface area contributed by atoms with E-state index in [0.29, 0.717) is 17.0 Å². The highest BCUT2D eigenvalue weighted by Gasteiger charge is 2.35. The highest BCUT2D eigenvalue weighted by molar-refractivity contribution is 6.42. The van der Waals surface area contributed by atoms with Gasteiger partial charge in [-0.05, 0) is 50.4 Å². The molecule has 1 aliphatic carbocycles. The Morgan fingerprint density at radius 2 is 2.05 bits per heavy atom. The molecule has 0 spiro atoms. The predicted molar refractivity (Wildman–Crippen MR) is 81.0 cm³/mol. The number of benzene rings is 1. The van der Waals surface area contributed by atoms with Crippen LogP contribution in [-0.2, 0) is 0 Å². The summed E-state index contributed by atoms with van der Waals surface area (Å²) in [7, 11) is 2.18. The smallest absolute Gasteiger partial charge is 0.0640 e. The van der Waals surface area contributed by atoms with Gasteiger partial charge in [-0.1, -0.05) is 35.3 Å². The average Bonchev–Trinajstić information content (AvgIpc) is 3.15. The van der Waals surface area contributed by atoms with Crippen molar-refractivity contribution in [3.8, 4) is 0 Å². The molecule has 104 valence electrons. The van der Waals surface area contributed by atoms with E-state index in [0.717, 1.165) is 24.2 Å². The van der Waals surface area contributed by atoms with Crippen molar-refractivity contribution >= 4 is 23.2 Å². The lowest BCUT2D eigenvalue weighted by atomic mass is 9.93. The van der Waals surface area contributed by atoms with Crippen molar-refractivity contribution in [3.63, 3.8) is 0 Å². The molecule has 1 saturated heterocycles. The molecule has 3 rings (SSSR count). The van der Waals surface area contributed by atoms with E-state index in [-0.39, 0.29) is 0 Å². The first kappa shape index (κ1) is 13.7. The van der Waals surface area contributed by atoms with E-state index in [2.05, 4.69) is 23.3 Å². The molecule has 2 unspecified atom stereocenters. The van der Waals surface area contributed by atoms with E-state index in [1.165, 1.54) is 24.8 Å². The summed E-state index contributed by atoms with van der Waals surface area (Å²) >= 11 is 12.6. The van der Waals surface area contributed by atoms with Crippen LogP contribution in [0, 0.1) is 5.92 Å². The SMILES string of the molecule is CN1CCC(CNC2CC2)C1c1cccc(Cl)c1Cl. The number of hydrogen-bond acceptors (Lipinski definition) is 2. The molecule has 1 heterocycles. The van der Waals surface area contributed by atoms with Gasteiger partial charge in [0.2, 0.25) is 0 Å². The van der Waals surface area contributed by atoms with E-state index in [4.69, 9.17) is 23.2 Å². The molecule has 1 N–H and O–H groups in total. The first-order valence-corrected chi connectivity index (χ1v) is 7.80. The maximum atomic E-state index is 6.40. The Hall–Kier alpha value is -0.280. The summed E-state index contributed by atoms with van der Waals surface area (Å²) < 4.78 is 0. The second-order valence-corrected chi connectivity index (χ2v) is 6.58. The van der Waals surface area contributed by atoms with Gasteiger partial charge in [0.05, 0.1) is 10.0 Å². The zero-order chi connectivity index (χ0) is 13.4. The first-order chi connectivity index (χ1) is 9.16. The zero-order valence-electron chi connectivity index (χ0n) is 11.2. The summed E-state index contributed by atoms with van der Waals surface area (Å²) in [6.07, 6.45) is 3.90. The Balaban J connectivity index is 1.80. The summed E-state index contributed by atoms with van der Waals surface area (Å²) in [6, 6.07) is 7.13. The molecular weight excluding hydrogens is 279 g/mol. The highest BCUT2D eigenvalue weighted by atomic mass is 35.5. The monoisotopic (exact) mass is 298 g/mol. The molecule has 2 aliphatic rings. The molecule has 0 bridgehead atoms. The van der Waals surface area contributed by atoms with E-state index >= 15 is 0 Å². The highest BCUT2D eigenvalue weighted by Crippen LogP contribution is 2.41. The summed E-state index contributed by atoms with van der Waals surface area (Å²) in [5.74, 6) is 0.626. The number of likely N-dealkylation sites (tertiary alicyclic amines) is 1. The lowest BCUT2D eigenvalue weighted by Crippen LogP contribution is -2.29. The van der Waals surface area contributed by atoms with Crippen molar-refractivity contribution in [2.24, 2.45) is 5.92 Å². The minimum absolute atomic E-state index is 0.387. The Morgan fingerprint density at radius 3 is 2.79 bits per heavy atom. The maximum Gasteiger partial charge on any atom is 0.0640 e. The zero-order valence-corrected chi connectivity index (χ0v) is 12.7. The number of hydrogen-bond donors (Lipinski definition) is 1. The fourth-order valence-corrected chi connectivity index (χ4v) is 3.51. The van der Waals surface area contributed by atoms with Crippen molar-refractivity contribution in [1.82, 2.24) is 10.2 Å². The molecule has 0 amide bonds. The molecule has 1 aromatic carbocycles. The van der Waals surface area contributed by atoms with E-state index in [1.807, 2.05) is 12.1 Å². The van der Waals surface area contributed by atoms with Crippen LogP contribution in [0.5, 0.6) is 0 Å². The maximum absolute atomic E-state index is 6.40. The predicted octanol–water partition coefficient (Wildman–Crippen LogP) is 3.74. The van der Waals surface area contributed by atoms with Gasteiger partial charge in [0.25, 0.3) is 0 Å². The third kappa shape index (κ3) is 2.92. The molecule has 0 radical (unpaired) electrons. The van der Waals surface area contributed by atoms with E-state index in [9.17, 15) is 0 Å². The normalized spacial score (nSPS) is 27.9. The Kier molecular flexibility index (Phi) is 4.04. The second-order valence-electron chi connectivity index (χ2n) is 5.80. The van der Waals surface area contributed by atoms with Crippen LogP contribution in [-0.4, -0.2) is 31.1 Å². The van der Waals surface area contributed by atoms with Gasteiger partial charge < -0.3 is 5.32 Å². The number of halogens is 2. The van der Waals surface area contributed by atoms with Gasteiger partial charge >= 0.3 is 0 Å². The van der Waals surface area contributed by atoms with Gasteiger partial charge in [0.1, 0.15) is 0 Å². The van der Waals surface area contributed by atoms with Crippen LogP contribution in [0.4, 0.5) is 0 Å². The standard InChI is InChI=1S/C15H20Cl2N2/c1-19-8-7-10(9-18-11-5-6-11)15(19)12-3-2-4-13(16)14(12)17/h2-4,10-11,15,18H,5-9H2,1H3. The topological polar surface area (TPSA) is 15.3 Å². The van der Waals surface area contributed by atoms with E-state index in [1.54, 1.807) is 0 Å². The molecule has 4 heteroatoms. The van der Waals surface area contributed by atoms with Crippen LogP contribution in [0.25, 0.3) is 0 Å². The van der Waals surface area contributed by atoms with Crippen molar-refractivity contribution in [1.29, 1.82) is 0 Å². The average molecular weight is 299 g/mol. The molecule has 1 aliphatic heterocycles. The van der Waals surface area contributed by atoms with Gasteiger partial charge in [-0.2, -0.15) is 0 Å².